The van der Waals surface area contributed by atoms with Gasteiger partial charge in [0.25, 0.3) is 0 Å². The molecule has 0 bridgehead atoms. The smallest absolute Gasteiger partial charge is 0.0967 e. The minimum absolute atomic E-state index is 1.06. The van der Waals surface area contributed by atoms with Crippen LogP contribution in [0.4, 0.5) is 0 Å². The van der Waals surface area contributed by atoms with Crippen LogP contribution in [-0.4, -0.2) is 5.29 Å². The van der Waals surface area contributed by atoms with Crippen LogP contribution >= 0.6 is 23.2 Å². The van der Waals surface area contributed by atoms with Crippen molar-refractivity contribution in [2.75, 3.05) is 5.29 Å². The molecule has 0 aromatic heterocycles. The number of halogens is 2. The summed E-state index contributed by atoms with van der Waals surface area (Å²) in [4.78, 5) is 0. The Morgan fingerprint density at radius 1 is 0.882 bits per heavy atom. The summed E-state index contributed by atoms with van der Waals surface area (Å²) < 4.78 is 12.3. The molecular formula is C15H24Cl2. The Hall–Kier alpha value is -0.460. The fourth-order valence-electron chi connectivity index (χ4n) is 1.09. The van der Waals surface area contributed by atoms with Crippen LogP contribution in [0.2, 0.25) is 0 Å². The molecule has 0 atom stereocenters. The van der Waals surface area contributed by atoms with Crippen molar-refractivity contribution in [1.82, 2.24) is 0 Å². The average molecular weight is 277 g/mol. The second kappa shape index (κ2) is 20.9. The van der Waals surface area contributed by atoms with Gasteiger partial charge in [-0.2, -0.15) is 0 Å². The summed E-state index contributed by atoms with van der Waals surface area (Å²) in [6.45, 7) is 7.10. The first kappa shape index (κ1) is 14.6. The maximum atomic E-state index is 6.14. The molecule has 0 N–H and O–H groups in total. The van der Waals surface area contributed by atoms with E-state index in [-0.39, 0.29) is 0 Å². The molecular weight excluding hydrogens is 251 g/mol. The maximum absolute atomic E-state index is 6.14. The zero-order valence-corrected chi connectivity index (χ0v) is 11.9. The SMILES string of the molecule is C1=CCC/C=C\CC1.C=CCCC=C.[2H]C([2H])(Cl)Cl. The predicted octanol–water partition coefficient (Wildman–Crippen LogP) is 6.23. The van der Waals surface area contributed by atoms with Crippen LogP contribution in [0.1, 0.15) is 41.3 Å². The van der Waals surface area contributed by atoms with Gasteiger partial charge >= 0.3 is 0 Å². The zero-order valence-electron chi connectivity index (χ0n) is 12.4. The van der Waals surface area contributed by atoms with Gasteiger partial charge in [-0.05, 0) is 38.5 Å². The molecule has 0 heterocycles. The van der Waals surface area contributed by atoms with E-state index in [1.54, 1.807) is 0 Å². The van der Waals surface area contributed by atoms with Crippen LogP contribution in [0, 0.1) is 0 Å². The minimum atomic E-state index is -2.06. The van der Waals surface area contributed by atoms with Crippen LogP contribution in [0.5, 0.6) is 0 Å². The molecule has 2 heteroatoms. The summed E-state index contributed by atoms with van der Waals surface area (Å²) in [6, 6.07) is 0. The lowest BCUT2D eigenvalue weighted by molar-refractivity contribution is 0.962. The van der Waals surface area contributed by atoms with Gasteiger partial charge in [0.15, 0.2) is 0 Å². The van der Waals surface area contributed by atoms with Crippen molar-refractivity contribution < 1.29 is 2.74 Å². The second-order valence-electron chi connectivity index (χ2n) is 3.32. The van der Waals surface area contributed by atoms with Gasteiger partial charge in [-0.3, -0.25) is 0 Å². The van der Waals surface area contributed by atoms with Gasteiger partial charge in [-0.25, -0.2) is 0 Å². The van der Waals surface area contributed by atoms with Gasteiger partial charge in [-0.15, -0.1) is 36.4 Å². The van der Waals surface area contributed by atoms with Gasteiger partial charge in [0, 0.05) is 0 Å². The lowest BCUT2D eigenvalue weighted by atomic mass is 10.1. The predicted molar refractivity (Wildman–Crippen MR) is 82.9 cm³/mol. The number of unbranched alkanes of at least 4 members (excludes halogenated alkanes) is 1. The third-order valence-corrected chi connectivity index (χ3v) is 1.91. The minimum Gasteiger partial charge on any atom is -0.109 e. The first-order valence-corrected chi connectivity index (χ1v) is 6.57. The Morgan fingerprint density at radius 3 is 1.29 bits per heavy atom. The Bertz CT molecular complexity index is 226. The molecule has 0 spiro atoms. The van der Waals surface area contributed by atoms with Gasteiger partial charge in [-0.1, -0.05) is 36.5 Å². The van der Waals surface area contributed by atoms with Crippen molar-refractivity contribution in [3.05, 3.63) is 49.6 Å². The molecule has 1 aliphatic carbocycles. The highest BCUT2D eigenvalue weighted by Gasteiger charge is 1.81. The first-order valence-electron chi connectivity index (χ1n) is 6.81. The van der Waals surface area contributed by atoms with Crippen molar-refractivity contribution in [3.8, 4) is 0 Å². The Balaban J connectivity index is 0. The summed E-state index contributed by atoms with van der Waals surface area (Å²) in [5.41, 5.74) is 0. The molecule has 0 nitrogen and oxygen atoms in total. The monoisotopic (exact) mass is 276 g/mol. The second-order valence-corrected chi connectivity index (χ2v) is 3.90. The summed E-state index contributed by atoms with van der Waals surface area (Å²) in [6.07, 6.45) is 19.9. The van der Waals surface area contributed by atoms with E-state index in [4.69, 9.17) is 2.74 Å². The van der Waals surface area contributed by atoms with Crippen molar-refractivity contribution in [1.29, 1.82) is 0 Å². The normalized spacial score (nSPS) is 17.5. The standard InChI is InChI=1S/C8H12.C6H10.CH2Cl2/c1-2-4-6-8-7-5-3-1;1-3-5-6-4-2;2-1-3/h1-2,7-8H,3-6H2;3-4H,1-2,5-6H2;1H2/b2-1-,8-7?;;/i;;1D2. The fourth-order valence-corrected chi connectivity index (χ4v) is 1.09. The highest BCUT2D eigenvalue weighted by Crippen LogP contribution is 2.02. The van der Waals surface area contributed by atoms with Gasteiger partial charge in [0.05, 0.1) is 8.03 Å². The molecule has 0 fully saturated rings. The van der Waals surface area contributed by atoms with E-state index in [9.17, 15) is 0 Å². The van der Waals surface area contributed by atoms with Crippen LogP contribution in [0.15, 0.2) is 49.6 Å². The quantitative estimate of drug-likeness (QED) is 0.326. The van der Waals surface area contributed by atoms with E-state index in [0.717, 1.165) is 12.8 Å². The molecule has 0 aliphatic heterocycles. The lowest BCUT2D eigenvalue weighted by Crippen LogP contribution is -1.71. The number of allylic oxidation sites excluding steroid dienone is 6. The highest BCUT2D eigenvalue weighted by atomic mass is 35.5. The summed E-state index contributed by atoms with van der Waals surface area (Å²) in [5, 5.41) is -2.06. The number of hydrogen-bond donors (Lipinski definition) is 0. The molecule has 1 aliphatic rings. The number of alkyl halides is 2. The van der Waals surface area contributed by atoms with Crippen molar-refractivity contribution in [2.24, 2.45) is 0 Å². The molecule has 17 heavy (non-hydrogen) atoms. The van der Waals surface area contributed by atoms with Crippen molar-refractivity contribution >= 4 is 23.2 Å². The Labute approximate surface area is 120 Å². The van der Waals surface area contributed by atoms with E-state index in [1.165, 1.54) is 25.7 Å². The number of rotatable bonds is 3. The van der Waals surface area contributed by atoms with E-state index >= 15 is 0 Å². The van der Waals surface area contributed by atoms with E-state index in [1.807, 2.05) is 12.2 Å². The number of hydrogen-bond acceptors (Lipinski definition) is 0. The van der Waals surface area contributed by atoms with Crippen molar-refractivity contribution in [3.63, 3.8) is 0 Å². The third-order valence-electron chi connectivity index (χ3n) is 1.91. The van der Waals surface area contributed by atoms with Gasteiger partial charge < -0.3 is 0 Å². The molecule has 0 aromatic rings. The zero-order chi connectivity index (χ0) is 15.0. The van der Waals surface area contributed by atoms with Gasteiger partial charge in [0.1, 0.15) is 0 Å². The average Bonchev–Trinajstić information content (AvgIpc) is 2.24. The molecule has 0 saturated heterocycles. The largest absolute Gasteiger partial charge is 0.109 e. The summed E-state index contributed by atoms with van der Waals surface area (Å²) >= 11 is 9.26. The van der Waals surface area contributed by atoms with E-state index in [2.05, 4.69) is 60.7 Å². The molecule has 1 rings (SSSR count). The van der Waals surface area contributed by atoms with Crippen molar-refractivity contribution in [2.45, 2.75) is 38.5 Å². The van der Waals surface area contributed by atoms with E-state index in [0.29, 0.717) is 0 Å². The molecule has 0 radical (unpaired) electrons. The third kappa shape index (κ3) is 25.6. The van der Waals surface area contributed by atoms with E-state index < -0.39 is 5.29 Å². The van der Waals surface area contributed by atoms with Crippen LogP contribution in [0.25, 0.3) is 0 Å². The molecule has 0 aromatic carbocycles. The topological polar surface area (TPSA) is 0 Å². The maximum Gasteiger partial charge on any atom is 0.0967 e. The van der Waals surface area contributed by atoms with Crippen LogP contribution in [-0.2, 0) is 0 Å². The van der Waals surface area contributed by atoms with Crippen LogP contribution in [0.3, 0.4) is 0 Å². The highest BCUT2D eigenvalue weighted by molar-refractivity contribution is 6.40. The van der Waals surface area contributed by atoms with Gasteiger partial charge in [0.2, 0.25) is 0 Å². The Kier molecular flexibility index (Phi) is 17.9. The summed E-state index contributed by atoms with van der Waals surface area (Å²) in [7, 11) is 0. The fraction of sp³-hybridized carbons (Fsp3) is 0.467. The molecule has 0 amide bonds. The molecule has 0 unspecified atom stereocenters. The first-order chi connectivity index (χ1) is 8.91. The lowest BCUT2D eigenvalue weighted by Gasteiger charge is -1.92. The van der Waals surface area contributed by atoms with Crippen LogP contribution < -0.4 is 0 Å². The Morgan fingerprint density at radius 2 is 1.12 bits per heavy atom. The molecule has 0 saturated carbocycles. The molecule has 98 valence electrons. The summed E-state index contributed by atoms with van der Waals surface area (Å²) in [5.74, 6) is 0.